The van der Waals surface area contributed by atoms with E-state index in [0.717, 1.165) is 12.8 Å². The summed E-state index contributed by atoms with van der Waals surface area (Å²) in [4.78, 5) is 25.8. The molecule has 0 bridgehead atoms. The quantitative estimate of drug-likeness (QED) is 0.442. The van der Waals surface area contributed by atoms with Crippen LogP contribution in [0.1, 0.15) is 40.0 Å². The predicted molar refractivity (Wildman–Crippen MR) is 71.4 cm³/mol. The van der Waals surface area contributed by atoms with Crippen LogP contribution >= 0.6 is 15.6 Å². The highest BCUT2D eigenvalue weighted by molar-refractivity contribution is 7.60. The number of allylic oxidation sites excluding steroid dienone is 2. The lowest BCUT2D eigenvalue weighted by atomic mass is 10.0. The first-order valence-electron chi connectivity index (χ1n) is 5.89. The Morgan fingerprint density at radius 3 is 2.26 bits per heavy atom. The second kappa shape index (κ2) is 8.32. The maximum Gasteiger partial charge on any atom is 0.481 e. The molecule has 0 spiro atoms. The van der Waals surface area contributed by atoms with Crippen LogP contribution in [0.25, 0.3) is 0 Å². The first kappa shape index (κ1) is 19.0. The standard InChI is InChI=1S/C10H22O7P2/c1-9(2)5-4-6-10(3)7-8-16-19(14,15)17-18(11,12)13/h5,10H,4,6-8H2,1-3H3,(H,14,15)(H2,11,12,13)/t10-/m0/s1. The number of hydrogen-bond acceptors (Lipinski definition) is 4. The molecule has 114 valence electrons. The van der Waals surface area contributed by atoms with Gasteiger partial charge in [0, 0.05) is 0 Å². The first-order chi connectivity index (χ1) is 8.52. The molecule has 0 radical (unpaired) electrons. The molecule has 0 aliphatic heterocycles. The summed E-state index contributed by atoms with van der Waals surface area (Å²) in [6, 6.07) is 0. The van der Waals surface area contributed by atoms with Crippen LogP contribution in [0.4, 0.5) is 0 Å². The van der Waals surface area contributed by atoms with Gasteiger partial charge in [0.25, 0.3) is 0 Å². The average Bonchev–Trinajstić information content (AvgIpc) is 2.12. The fourth-order valence-corrected chi connectivity index (χ4v) is 2.93. The summed E-state index contributed by atoms with van der Waals surface area (Å²) >= 11 is 0. The summed E-state index contributed by atoms with van der Waals surface area (Å²) < 4.78 is 29.7. The number of rotatable bonds is 9. The summed E-state index contributed by atoms with van der Waals surface area (Å²) in [6.45, 7) is 5.89. The molecule has 0 aliphatic carbocycles. The lowest BCUT2D eigenvalue weighted by Crippen LogP contribution is -2.02. The Labute approximate surface area is 113 Å². The topological polar surface area (TPSA) is 113 Å². The van der Waals surface area contributed by atoms with Crippen molar-refractivity contribution in [3.63, 3.8) is 0 Å². The van der Waals surface area contributed by atoms with Gasteiger partial charge in [-0.2, -0.15) is 4.31 Å². The third-order valence-corrected chi connectivity index (χ3v) is 4.47. The Kier molecular flexibility index (Phi) is 8.32. The van der Waals surface area contributed by atoms with Gasteiger partial charge in [0.2, 0.25) is 0 Å². The van der Waals surface area contributed by atoms with E-state index in [9.17, 15) is 9.13 Å². The third kappa shape index (κ3) is 12.8. The van der Waals surface area contributed by atoms with Crippen LogP contribution in [0.3, 0.4) is 0 Å². The van der Waals surface area contributed by atoms with Gasteiger partial charge in [-0.3, -0.25) is 4.52 Å². The van der Waals surface area contributed by atoms with E-state index in [1.165, 1.54) is 5.57 Å². The fraction of sp³-hybridized carbons (Fsp3) is 0.800. The number of phosphoric ester groups is 1. The molecule has 19 heavy (non-hydrogen) atoms. The second-order valence-electron chi connectivity index (χ2n) is 4.63. The zero-order valence-electron chi connectivity index (χ0n) is 11.4. The molecule has 0 aliphatic rings. The van der Waals surface area contributed by atoms with Crippen molar-refractivity contribution in [3.8, 4) is 0 Å². The van der Waals surface area contributed by atoms with E-state index in [2.05, 4.69) is 14.9 Å². The molecule has 0 rings (SSSR count). The van der Waals surface area contributed by atoms with Gasteiger partial charge in [-0.15, -0.1) is 0 Å². The molecule has 0 amide bonds. The minimum Gasteiger partial charge on any atom is -0.302 e. The normalized spacial score (nSPS) is 16.7. The van der Waals surface area contributed by atoms with E-state index >= 15 is 0 Å². The van der Waals surface area contributed by atoms with Gasteiger partial charge in [0.15, 0.2) is 0 Å². The SMILES string of the molecule is CC(C)=CCC[C@H](C)CCOP(=O)(O)OP(=O)(O)O. The molecule has 9 heteroatoms. The van der Waals surface area contributed by atoms with Crippen LogP contribution < -0.4 is 0 Å². The number of hydrogen-bond donors (Lipinski definition) is 3. The minimum atomic E-state index is -5.03. The van der Waals surface area contributed by atoms with Gasteiger partial charge >= 0.3 is 15.6 Å². The molecule has 0 saturated carbocycles. The molecule has 1 unspecified atom stereocenters. The Morgan fingerprint density at radius 2 is 1.79 bits per heavy atom. The molecule has 0 saturated heterocycles. The van der Waals surface area contributed by atoms with Crippen LogP contribution in [0.5, 0.6) is 0 Å². The number of phosphoric acid groups is 2. The van der Waals surface area contributed by atoms with Gasteiger partial charge in [-0.1, -0.05) is 18.6 Å². The van der Waals surface area contributed by atoms with Crippen molar-refractivity contribution in [1.29, 1.82) is 0 Å². The zero-order valence-corrected chi connectivity index (χ0v) is 13.1. The maximum atomic E-state index is 11.1. The summed E-state index contributed by atoms with van der Waals surface area (Å²) in [6.07, 6.45) is 4.43. The van der Waals surface area contributed by atoms with Crippen molar-refractivity contribution < 1.29 is 32.6 Å². The van der Waals surface area contributed by atoms with Crippen LogP contribution in [-0.2, 0) is 18.0 Å². The summed E-state index contributed by atoms with van der Waals surface area (Å²) in [5.41, 5.74) is 1.23. The monoisotopic (exact) mass is 316 g/mol. The van der Waals surface area contributed by atoms with Crippen LogP contribution in [-0.4, -0.2) is 21.3 Å². The predicted octanol–water partition coefficient (Wildman–Crippen LogP) is 2.99. The van der Waals surface area contributed by atoms with Crippen molar-refractivity contribution in [3.05, 3.63) is 11.6 Å². The smallest absolute Gasteiger partial charge is 0.302 e. The van der Waals surface area contributed by atoms with Gasteiger partial charge < -0.3 is 14.7 Å². The molecule has 0 heterocycles. The van der Waals surface area contributed by atoms with Crippen molar-refractivity contribution in [2.75, 3.05) is 6.61 Å². The van der Waals surface area contributed by atoms with Crippen molar-refractivity contribution in [2.45, 2.75) is 40.0 Å². The summed E-state index contributed by atoms with van der Waals surface area (Å²) in [5, 5.41) is 0. The van der Waals surface area contributed by atoms with Gasteiger partial charge in [0.1, 0.15) is 0 Å². The Balaban J connectivity index is 3.93. The zero-order chi connectivity index (χ0) is 15.1. The highest BCUT2D eigenvalue weighted by Crippen LogP contribution is 2.57. The molecule has 2 atom stereocenters. The Morgan fingerprint density at radius 1 is 1.21 bits per heavy atom. The largest absolute Gasteiger partial charge is 0.481 e. The van der Waals surface area contributed by atoms with E-state index in [1.54, 1.807) is 0 Å². The van der Waals surface area contributed by atoms with E-state index in [4.69, 9.17) is 14.7 Å². The van der Waals surface area contributed by atoms with E-state index in [1.807, 2.05) is 20.8 Å². The molecular formula is C10H22O7P2. The molecule has 3 N–H and O–H groups in total. The van der Waals surface area contributed by atoms with Crippen LogP contribution in [0.15, 0.2) is 11.6 Å². The van der Waals surface area contributed by atoms with Crippen LogP contribution in [0, 0.1) is 5.92 Å². The lowest BCUT2D eigenvalue weighted by Gasteiger charge is -2.14. The lowest BCUT2D eigenvalue weighted by molar-refractivity contribution is 0.170. The van der Waals surface area contributed by atoms with E-state index in [0.29, 0.717) is 6.42 Å². The highest BCUT2D eigenvalue weighted by atomic mass is 31.3. The highest BCUT2D eigenvalue weighted by Gasteiger charge is 2.32. The molecule has 0 fully saturated rings. The molecule has 0 aromatic heterocycles. The molecule has 0 aromatic rings. The fourth-order valence-electron chi connectivity index (χ4n) is 1.33. The van der Waals surface area contributed by atoms with Crippen molar-refractivity contribution in [1.82, 2.24) is 0 Å². The Hall–Kier alpha value is -0.0000000000000000416. The Bertz CT molecular complexity index is 383. The summed E-state index contributed by atoms with van der Waals surface area (Å²) in [7, 11) is -9.71. The average molecular weight is 316 g/mol. The van der Waals surface area contributed by atoms with Gasteiger partial charge in [-0.25, -0.2) is 9.13 Å². The molecular weight excluding hydrogens is 294 g/mol. The van der Waals surface area contributed by atoms with Gasteiger partial charge in [0.05, 0.1) is 6.61 Å². The summed E-state index contributed by atoms with van der Waals surface area (Å²) in [5.74, 6) is 0.269. The van der Waals surface area contributed by atoms with E-state index < -0.39 is 15.6 Å². The van der Waals surface area contributed by atoms with E-state index in [-0.39, 0.29) is 12.5 Å². The first-order valence-corrected chi connectivity index (χ1v) is 8.92. The minimum absolute atomic E-state index is 0.0935. The van der Waals surface area contributed by atoms with Gasteiger partial charge in [-0.05, 0) is 39.0 Å². The van der Waals surface area contributed by atoms with Crippen molar-refractivity contribution in [2.24, 2.45) is 5.92 Å². The second-order valence-corrected chi connectivity index (χ2v) is 7.46. The van der Waals surface area contributed by atoms with Crippen LogP contribution in [0.2, 0.25) is 0 Å². The van der Waals surface area contributed by atoms with Crippen molar-refractivity contribution >= 4 is 15.6 Å². The molecule has 0 aromatic carbocycles. The molecule has 7 nitrogen and oxygen atoms in total. The maximum absolute atomic E-state index is 11.1. The third-order valence-electron chi connectivity index (χ3n) is 2.29.